The summed E-state index contributed by atoms with van der Waals surface area (Å²) >= 11 is 0. The van der Waals surface area contributed by atoms with Crippen LogP contribution in [0.25, 0.3) is 0 Å². The number of hydrogen-bond donors (Lipinski definition) is 1. The smallest absolute Gasteiger partial charge is 0.309 e. The van der Waals surface area contributed by atoms with Crippen LogP contribution in [0.1, 0.15) is 38.5 Å². The number of ether oxygens (including phenoxy) is 1. The van der Waals surface area contributed by atoms with Gasteiger partial charge in [-0.25, -0.2) is 0 Å². The molecule has 2 bridgehead atoms. The van der Waals surface area contributed by atoms with Crippen molar-refractivity contribution >= 4 is 5.97 Å². The van der Waals surface area contributed by atoms with Crippen LogP contribution in [-0.4, -0.2) is 47.3 Å². The number of likely N-dealkylation sites (tertiary alicyclic amines) is 1. The Hall–Kier alpha value is -0.610. The zero-order valence-corrected chi connectivity index (χ0v) is 10.2. The fourth-order valence-electron chi connectivity index (χ4n) is 3.79. The fraction of sp³-hybridized carbons (Fsp3) is 0.923. The average Bonchev–Trinajstić information content (AvgIpc) is 3.02. The second-order valence-electron chi connectivity index (χ2n) is 5.77. The van der Waals surface area contributed by atoms with Crippen molar-refractivity contribution in [1.29, 1.82) is 0 Å². The van der Waals surface area contributed by atoms with Crippen molar-refractivity contribution in [3.63, 3.8) is 0 Å². The number of aliphatic carboxylic acids is 1. The van der Waals surface area contributed by atoms with E-state index in [1.165, 1.54) is 25.9 Å². The summed E-state index contributed by atoms with van der Waals surface area (Å²) < 4.78 is 5.99. The van der Waals surface area contributed by atoms with E-state index in [0.717, 1.165) is 32.2 Å². The summed E-state index contributed by atoms with van der Waals surface area (Å²) in [6.45, 7) is 3.37. The Morgan fingerprint density at radius 1 is 1.41 bits per heavy atom. The number of carbonyl (C=O) groups is 1. The summed E-state index contributed by atoms with van der Waals surface area (Å²) in [7, 11) is 0. The van der Waals surface area contributed by atoms with Gasteiger partial charge < -0.3 is 14.7 Å². The van der Waals surface area contributed by atoms with Crippen molar-refractivity contribution in [2.75, 3.05) is 19.6 Å². The van der Waals surface area contributed by atoms with Crippen LogP contribution in [0.15, 0.2) is 0 Å². The molecule has 0 aromatic rings. The molecule has 0 aromatic carbocycles. The maximum Gasteiger partial charge on any atom is 0.309 e. The Morgan fingerprint density at radius 3 is 2.82 bits per heavy atom. The zero-order chi connectivity index (χ0) is 11.9. The molecule has 4 heteroatoms. The molecule has 3 aliphatic heterocycles. The van der Waals surface area contributed by atoms with Gasteiger partial charge >= 0.3 is 5.97 Å². The van der Waals surface area contributed by atoms with E-state index in [-0.39, 0.29) is 17.6 Å². The Bertz CT molecular complexity index is 314. The minimum atomic E-state index is -0.659. The van der Waals surface area contributed by atoms with Crippen molar-refractivity contribution in [3.8, 4) is 0 Å². The van der Waals surface area contributed by atoms with Gasteiger partial charge in [-0.05, 0) is 51.6 Å². The largest absolute Gasteiger partial charge is 0.481 e. The molecule has 3 atom stereocenters. The van der Waals surface area contributed by atoms with Crippen molar-refractivity contribution in [2.24, 2.45) is 5.92 Å². The van der Waals surface area contributed by atoms with Crippen LogP contribution in [-0.2, 0) is 9.53 Å². The third-order valence-corrected chi connectivity index (χ3v) is 4.77. The summed E-state index contributed by atoms with van der Waals surface area (Å²) in [5.41, 5.74) is -0.334. The number of hydrogen-bond acceptors (Lipinski definition) is 3. The summed E-state index contributed by atoms with van der Waals surface area (Å²) in [5.74, 6) is -0.919. The number of fused-ring (bicyclic) bond motifs is 2. The minimum absolute atomic E-state index is 0.217. The summed E-state index contributed by atoms with van der Waals surface area (Å²) in [5, 5.41) is 9.30. The first-order chi connectivity index (χ1) is 8.20. The quantitative estimate of drug-likeness (QED) is 0.807. The molecular formula is C13H21NO3. The molecule has 3 rings (SSSR count). The molecule has 0 amide bonds. The Morgan fingerprint density at radius 2 is 2.18 bits per heavy atom. The lowest BCUT2D eigenvalue weighted by atomic mass is 9.76. The number of carboxylic acids is 1. The highest BCUT2D eigenvalue weighted by Gasteiger charge is 2.56. The van der Waals surface area contributed by atoms with Gasteiger partial charge in [-0.3, -0.25) is 4.79 Å². The zero-order valence-electron chi connectivity index (χ0n) is 10.2. The molecule has 0 saturated carbocycles. The molecule has 1 N–H and O–H groups in total. The minimum Gasteiger partial charge on any atom is -0.481 e. The predicted octanol–water partition coefficient (Wildman–Crippen LogP) is 1.49. The second kappa shape index (κ2) is 4.25. The van der Waals surface area contributed by atoms with Gasteiger partial charge in [0.05, 0.1) is 17.6 Å². The lowest BCUT2D eigenvalue weighted by molar-refractivity contribution is -0.148. The first-order valence-corrected chi connectivity index (χ1v) is 6.83. The van der Waals surface area contributed by atoms with Gasteiger partial charge in [0, 0.05) is 6.54 Å². The van der Waals surface area contributed by atoms with Crippen LogP contribution in [0.2, 0.25) is 0 Å². The van der Waals surface area contributed by atoms with E-state index in [1.807, 2.05) is 0 Å². The fourth-order valence-corrected chi connectivity index (χ4v) is 3.79. The lowest BCUT2D eigenvalue weighted by Crippen LogP contribution is -2.41. The van der Waals surface area contributed by atoms with Gasteiger partial charge in [-0.15, -0.1) is 0 Å². The van der Waals surface area contributed by atoms with E-state index < -0.39 is 5.97 Å². The Labute approximate surface area is 102 Å². The highest BCUT2D eigenvalue weighted by molar-refractivity contribution is 5.72. The van der Waals surface area contributed by atoms with Gasteiger partial charge in [0.25, 0.3) is 0 Å². The Balaban J connectivity index is 1.64. The van der Waals surface area contributed by atoms with E-state index >= 15 is 0 Å². The van der Waals surface area contributed by atoms with Gasteiger partial charge in [-0.2, -0.15) is 0 Å². The van der Waals surface area contributed by atoms with E-state index in [4.69, 9.17) is 4.74 Å². The van der Waals surface area contributed by atoms with Crippen molar-refractivity contribution in [1.82, 2.24) is 4.90 Å². The van der Waals surface area contributed by atoms with E-state index in [0.29, 0.717) is 0 Å². The van der Waals surface area contributed by atoms with Crippen LogP contribution < -0.4 is 0 Å². The molecule has 96 valence electrons. The van der Waals surface area contributed by atoms with Gasteiger partial charge in [-0.1, -0.05) is 0 Å². The van der Waals surface area contributed by atoms with Crippen molar-refractivity contribution in [3.05, 3.63) is 0 Å². The molecule has 3 saturated heterocycles. The van der Waals surface area contributed by atoms with E-state index in [1.54, 1.807) is 0 Å². The normalized spacial score (nSPS) is 41.2. The Kier molecular flexibility index (Phi) is 2.87. The number of rotatable bonds is 4. The topological polar surface area (TPSA) is 49.8 Å². The molecule has 3 unspecified atom stereocenters. The summed E-state index contributed by atoms with van der Waals surface area (Å²) in [6, 6.07) is 0. The highest BCUT2D eigenvalue weighted by Crippen LogP contribution is 2.49. The summed E-state index contributed by atoms with van der Waals surface area (Å²) in [6.07, 6.45) is 6.44. The van der Waals surface area contributed by atoms with Crippen LogP contribution in [0.3, 0.4) is 0 Å². The molecule has 0 spiro atoms. The molecule has 4 nitrogen and oxygen atoms in total. The molecule has 0 aromatic heterocycles. The second-order valence-corrected chi connectivity index (χ2v) is 5.77. The number of carboxylic acid groups (broad SMARTS) is 1. The standard InChI is InChI=1S/C13H21NO3/c15-12(16)11-9-10-3-4-13(11,17-10)5-8-14-6-1-2-7-14/h10-11H,1-9H2,(H,15,16). The molecule has 3 aliphatic rings. The maximum absolute atomic E-state index is 11.3. The van der Waals surface area contributed by atoms with Crippen LogP contribution in [0.4, 0.5) is 0 Å². The van der Waals surface area contributed by atoms with Crippen molar-refractivity contribution in [2.45, 2.75) is 50.2 Å². The number of nitrogens with zero attached hydrogens (tertiary/aromatic N) is 1. The molecule has 17 heavy (non-hydrogen) atoms. The third kappa shape index (κ3) is 1.97. The molecule has 0 radical (unpaired) electrons. The molecule has 0 aliphatic carbocycles. The highest BCUT2D eigenvalue weighted by atomic mass is 16.5. The van der Waals surface area contributed by atoms with E-state index in [9.17, 15) is 9.90 Å². The van der Waals surface area contributed by atoms with Gasteiger partial charge in [0.1, 0.15) is 0 Å². The third-order valence-electron chi connectivity index (χ3n) is 4.77. The molecule has 3 fully saturated rings. The van der Waals surface area contributed by atoms with Crippen molar-refractivity contribution < 1.29 is 14.6 Å². The van der Waals surface area contributed by atoms with Crippen LogP contribution in [0.5, 0.6) is 0 Å². The first kappa shape index (κ1) is 11.5. The van der Waals surface area contributed by atoms with Gasteiger partial charge in [0.15, 0.2) is 0 Å². The van der Waals surface area contributed by atoms with E-state index in [2.05, 4.69) is 4.90 Å². The van der Waals surface area contributed by atoms with Crippen LogP contribution >= 0.6 is 0 Å². The first-order valence-electron chi connectivity index (χ1n) is 6.83. The monoisotopic (exact) mass is 239 g/mol. The maximum atomic E-state index is 11.3. The summed E-state index contributed by atoms with van der Waals surface area (Å²) in [4.78, 5) is 13.7. The SMILES string of the molecule is O=C(O)C1CC2CCC1(CCN1CCCC1)O2. The molecule has 3 heterocycles. The van der Waals surface area contributed by atoms with Gasteiger partial charge in [0.2, 0.25) is 0 Å². The van der Waals surface area contributed by atoms with Crippen LogP contribution in [0, 0.1) is 5.92 Å². The molecular weight excluding hydrogens is 218 g/mol. The lowest BCUT2D eigenvalue weighted by Gasteiger charge is -2.31. The average molecular weight is 239 g/mol. The predicted molar refractivity (Wildman–Crippen MR) is 62.9 cm³/mol.